The van der Waals surface area contributed by atoms with E-state index in [1.54, 1.807) is 13.2 Å². The van der Waals surface area contributed by atoms with E-state index in [1.165, 1.54) is 6.26 Å². The molecule has 0 aliphatic carbocycles. The lowest BCUT2D eigenvalue weighted by Crippen LogP contribution is -2.23. The number of carbonyl (C=O) groups excluding carboxylic acids is 1. The molecule has 1 heterocycles. The second-order valence-electron chi connectivity index (χ2n) is 3.99. The van der Waals surface area contributed by atoms with Crippen LogP contribution in [-0.2, 0) is 4.74 Å². The van der Waals surface area contributed by atoms with Gasteiger partial charge in [0, 0.05) is 13.5 Å². The van der Waals surface area contributed by atoms with Crippen molar-refractivity contribution in [3.8, 4) is 0 Å². The maximum absolute atomic E-state index is 11.7. The van der Waals surface area contributed by atoms with Crippen molar-refractivity contribution in [1.82, 2.24) is 0 Å². The lowest BCUT2D eigenvalue weighted by Gasteiger charge is -2.21. The number of Topliss-reactive ketones (excluding diaryl/α,β-unsaturated/α-hetero) is 1. The van der Waals surface area contributed by atoms with Crippen molar-refractivity contribution in [3.05, 3.63) is 23.1 Å². The van der Waals surface area contributed by atoms with Crippen LogP contribution < -0.4 is 0 Å². The standard InChI is InChI=1S/C11H15ClO3/c1-11(2,14-3)6-4-9(13)8-5-7-15-10(8)12/h5,7H,4,6H2,1-3H3. The topological polar surface area (TPSA) is 39.4 Å². The number of hydrogen-bond donors (Lipinski definition) is 0. The Hall–Kier alpha value is -0.800. The Morgan fingerprint density at radius 3 is 2.73 bits per heavy atom. The fourth-order valence-corrected chi connectivity index (χ4v) is 1.36. The first-order valence-corrected chi connectivity index (χ1v) is 5.15. The van der Waals surface area contributed by atoms with Crippen molar-refractivity contribution in [2.45, 2.75) is 32.3 Å². The molecular formula is C11H15ClO3. The van der Waals surface area contributed by atoms with Gasteiger partial charge in [-0.2, -0.15) is 0 Å². The van der Waals surface area contributed by atoms with E-state index in [-0.39, 0.29) is 16.6 Å². The number of ketones is 1. The Morgan fingerprint density at radius 2 is 2.27 bits per heavy atom. The molecule has 3 nitrogen and oxygen atoms in total. The van der Waals surface area contributed by atoms with Gasteiger partial charge in [0.15, 0.2) is 5.78 Å². The minimum atomic E-state index is -0.286. The number of ether oxygens (including phenoxy) is 1. The van der Waals surface area contributed by atoms with E-state index in [0.29, 0.717) is 18.4 Å². The van der Waals surface area contributed by atoms with Crippen LogP contribution in [0.15, 0.2) is 16.7 Å². The molecule has 0 bridgehead atoms. The number of methoxy groups -OCH3 is 1. The zero-order valence-electron chi connectivity index (χ0n) is 9.17. The van der Waals surface area contributed by atoms with E-state index in [2.05, 4.69) is 0 Å². The summed E-state index contributed by atoms with van der Waals surface area (Å²) in [6, 6.07) is 1.59. The van der Waals surface area contributed by atoms with Crippen molar-refractivity contribution >= 4 is 17.4 Å². The number of hydrogen-bond acceptors (Lipinski definition) is 3. The highest BCUT2D eigenvalue weighted by atomic mass is 35.5. The van der Waals surface area contributed by atoms with Crippen molar-refractivity contribution < 1.29 is 13.9 Å². The molecule has 0 aliphatic rings. The normalized spacial score (nSPS) is 11.7. The van der Waals surface area contributed by atoms with Crippen LogP contribution in [0.4, 0.5) is 0 Å². The molecule has 0 aliphatic heterocycles. The largest absolute Gasteiger partial charge is 0.452 e. The van der Waals surface area contributed by atoms with Gasteiger partial charge in [-0.05, 0) is 37.9 Å². The van der Waals surface area contributed by atoms with Gasteiger partial charge in [-0.25, -0.2) is 0 Å². The van der Waals surface area contributed by atoms with Crippen molar-refractivity contribution in [1.29, 1.82) is 0 Å². The van der Waals surface area contributed by atoms with Gasteiger partial charge in [0.05, 0.1) is 17.4 Å². The first-order valence-electron chi connectivity index (χ1n) is 4.77. The average molecular weight is 231 g/mol. The quantitative estimate of drug-likeness (QED) is 0.729. The molecule has 0 atom stereocenters. The Bertz CT molecular complexity index is 341. The highest BCUT2D eigenvalue weighted by Crippen LogP contribution is 2.22. The first kappa shape index (κ1) is 12.3. The third kappa shape index (κ3) is 3.36. The predicted molar refractivity (Wildman–Crippen MR) is 58.4 cm³/mol. The molecule has 1 rings (SSSR count). The zero-order valence-corrected chi connectivity index (χ0v) is 9.93. The first-order chi connectivity index (χ1) is 6.96. The van der Waals surface area contributed by atoms with Crippen LogP contribution in [0.1, 0.15) is 37.0 Å². The molecule has 0 saturated heterocycles. The Morgan fingerprint density at radius 1 is 1.60 bits per heavy atom. The minimum absolute atomic E-state index is 0.0149. The number of halogens is 1. The Labute approximate surface area is 94.4 Å². The summed E-state index contributed by atoms with van der Waals surface area (Å²) in [5, 5.41) is 0.162. The Balaban J connectivity index is 2.55. The summed E-state index contributed by atoms with van der Waals surface area (Å²) >= 11 is 5.70. The van der Waals surface area contributed by atoms with Gasteiger partial charge >= 0.3 is 0 Å². The van der Waals surface area contributed by atoms with Gasteiger partial charge < -0.3 is 9.15 Å². The SMILES string of the molecule is COC(C)(C)CCC(=O)c1ccoc1Cl. The fraction of sp³-hybridized carbons (Fsp3) is 0.545. The average Bonchev–Trinajstić information content (AvgIpc) is 2.61. The van der Waals surface area contributed by atoms with E-state index < -0.39 is 0 Å². The summed E-state index contributed by atoms with van der Waals surface area (Å²) in [7, 11) is 1.63. The number of rotatable bonds is 5. The zero-order chi connectivity index (χ0) is 11.5. The van der Waals surface area contributed by atoms with Crippen LogP contribution in [-0.4, -0.2) is 18.5 Å². The van der Waals surface area contributed by atoms with E-state index in [9.17, 15) is 4.79 Å². The lowest BCUT2D eigenvalue weighted by atomic mass is 9.99. The summed E-state index contributed by atoms with van der Waals surface area (Å²) < 4.78 is 10.1. The highest BCUT2D eigenvalue weighted by Gasteiger charge is 2.20. The molecule has 0 amide bonds. The van der Waals surface area contributed by atoms with Crippen LogP contribution in [0, 0.1) is 0 Å². The minimum Gasteiger partial charge on any atom is -0.452 e. The molecule has 0 aromatic carbocycles. The molecule has 1 aromatic heterocycles. The van der Waals surface area contributed by atoms with Crippen molar-refractivity contribution in [3.63, 3.8) is 0 Å². The smallest absolute Gasteiger partial charge is 0.203 e. The molecule has 0 saturated carbocycles. The third-order valence-corrected chi connectivity index (χ3v) is 2.72. The third-order valence-electron chi connectivity index (χ3n) is 2.43. The van der Waals surface area contributed by atoms with Crippen molar-refractivity contribution in [2.24, 2.45) is 0 Å². The fourth-order valence-electron chi connectivity index (χ4n) is 1.14. The molecule has 0 spiro atoms. The maximum Gasteiger partial charge on any atom is 0.203 e. The van der Waals surface area contributed by atoms with Gasteiger partial charge in [0.1, 0.15) is 0 Å². The molecule has 15 heavy (non-hydrogen) atoms. The molecular weight excluding hydrogens is 216 g/mol. The van der Waals surface area contributed by atoms with Crippen LogP contribution in [0.2, 0.25) is 5.22 Å². The second kappa shape index (κ2) is 4.81. The molecule has 0 radical (unpaired) electrons. The molecule has 0 unspecified atom stereocenters. The Kier molecular flexibility index (Phi) is 3.94. The summed E-state index contributed by atoms with van der Waals surface area (Å²) in [6.45, 7) is 3.88. The number of carbonyl (C=O) groups is 1. The van der Waals surface area contributed by atoms with Gasteiger partial charge in [-0.1, -0.05) is 0 Å². The van der Waals surface area contributed by atoms with Crippen LogP contribution in [0.5, 0.6) is 0 Å². The lowest BCUT2D eigenvalue weighted by molar-refractivity contribution is 0.0141. The molecule has 1 aromatic rings. The van der Waals surface area contributed by atoms with Gasteiger partial charge in [-0.15, -0.1) is 0 Å². The van der Waals surface area contributed by atoms with Crippen LogP contribution >= 0.6 is 11.6 Å². The van der Waals surface area contributed by atoms with Crippen LogP contribution in [0.25, 0.3) is 0 Å². The van der Waals surface area contributed by atoms with Gasteiger partial charge in [0.25, 0.3) is 0 Å². The van der Waals surface area contributed by atoms with E-state index in [1.807, 2.05) is 13.8 Å². The van der Waals surface area contributed by atoms with Crippen molar-refractivity contribution in [2.75, 3.05) is 7.11 Å². The summed E-state index contributed by atoms with van der Waals surface area (Å²) in [5.74, 6) is -0.0149. The summed E-state index contributed by atoms with van der Waals surface area (Å²) in [4.78, 5) is 11.7. The van der Waals surface area contributed by atoms with Crippen LogP contribution in [0.3, 0.4) is 0 Å². The monoisotopic (exact) mass is 230 g/mol. The number of furan rings is 1. The van der Waals surface area contributed by atoms with E-state index in [0.717, 1.165) is 0 Å². The summed E-state index contributed by atoms with van der Waals surface area (Å²) in [5.41, 5.74) is 0.162. The van der Waals surface area contributed by atoms with E-state index in [4.69, 9.17) is 20.8 Å². The van der Waals surface area contributed by atoms with E-state index >= 15 is 0 Å². The van der Waals surface area contributed by atoms with Gasteiger partial charge in [-0.3, -0.25) is 4.79 Å². The summed E-state index contributed by atoms with van der Waals surface area (Å²) in [6.07, 6.45) is 2.47. The molecule has 84 valence electrons. The van der Waals surface area contributed by atoms with Gasteiger partial charge in [0.2, 0.25) is 5.22 Å². The second-order valence-corrected chi connectivity index (χ2v) is 4.34. The maximum atomic E-state index is 11.7. The highest BCUT2D eigenvalue weighted by molar-refractivity contribution is 6.32. The molecule has 4 heteroatoms. The predicted octanol–water partition coefficient (Wildman–Crippen LogP) is 3.32. The molecule has 0 N–H and O–H groups in total. The molecule has 0 fully saturated rings.